The number of nitrogens with one attached hydrogen (secondary N) is 3. The van der Waals surface area contributed by atoms with Crippen molar-refractivity contribution >= 4 is 49.9 Å². The Morgan fingerprint density at radius 1 is 0.939 bits per heavy atom. The molecule has 3 N–H and O–H groups in total. The van der Waals surface area contributed by atoms with Crippen LogP contribution in [-0.2, 0) is 38.3 Å². The molecular formula is C48H78N7O9PS. The second-order valence-corrected chi connectivity index (χ2v) is 21.9. The third-order valence-corrected chi connectivity index (χ3v) is 15.6. The molecule has 0 spiro atoms. The highest BCUT2D eigenvalue weighted by atomic mass is 32.2. The molecule has 4 rings (SSSR count). The van der Waals surface area contributed by atoms with Crippen molar-refractivity contribution in [3.8, 4) is 0 Å². The number of carbonyl (C=O) groups is 5. The van der Waals surface area contributed by atoms with Crippen LogP contribution >= 0.6 is 20.3 Å². The van der Waals surface area contributed by atoms with Gasteiger partial charge in [0.2, 0.25) is 24.3 Å². The monoisotopic (exact) mass is 961 g/mol. The Morgan fingerprint density at radius 3 is 2.29 bits per heavy atom. The summed E-state index contributed by atoms with van der Waals surface area (Å²) < 4.78 is 34.0. The molecule has 3 fully saturated rings. The number of nitrogens with zero attached hydrogens (tertiary/aromatic N) is 4. The van der Waals surface area contributed by atoms with Crippen molar-refractivity contribution in [2.75, 3.05) is 78.1 Å². The lowest BCUT2D eigenvalue weighted by atomic mass is 9.81. The third kappa shape index (κ3) is 17.6. The number of urea groups is 1. The second-order valence-electron chi connectivity index (χ2n) is 19.2. The average Bonchev–Trinajstić information content (AvgIpc) is 3.84. The lowest BCUT2D eigenvalue weighted by Crippen LogP contribution is -2.45. The molecule has 370 valence electrons. The van der Waals surface area contributed by atoms with Crippen molar-refractivity contribution in [2.24, 2.45) is 5.41 Å². The molecule has 4 atom stereocenters. The first-order valence-electron chi connectivity index (χ1n) is 24.5. The number of fused-ring (bicyclic) bond motifs is 1. The molecule has 3 aliphatic heterocycles. The van der Waals surface area contributed by atoms with E-state index in [0.29, 0.717) is 83.0 Å². The molecule has 0 bridgehead atoms. The molecule has 18 heteroatoms. The van der Waals surface area contributed by atoms with Crippen molar-refractivity contribution in [3.05, 3.63) is 46.8 Å². The molecular weight excluding hydrogens is 882 g/mol. The number of hydrogen-bond acceptors (Lipinski definition) is 11. The van der Waals surface area contributed by atoms with Crippen LogP contribution in [0, 0.1) is 12.0 Å². The molecule has 3 saturated heterocycles. The van der Waals surface area contributed by atoms with Gasteiger partial charge in [-0.3, -0.25) is 24.1 Å². The van der Waals surface area contributed by atoms with Crippen molar-refractivity contribution in [1.29, 1.82) is 0 Å². The van der Waals surface area contributed by atoms with Gasteiger partial charge in [-0.25, -0.2) is 16.0 Å². The maximum atomic E-state index is 13.3. The Morgan fingerprint density at radius 2 is 1.62 bits per heavy atom. The standard InChI is InChI=1S/C48H78N7O9PS/c1-35(2)55(36(3)4)65(63-30-25-49-9)64-34-48(8)21-26-53(27-22-48)43(58)32-62-31-42(57)51-24-14-29-61-28-13-12-23-50-41(56)16-11-10-15-40-44-39(33-66-40)54(46(60)52-44)45(59)37-17-19-38(20-18-37)47(5,6)7/h17-20,35-36,39-40,44H,10-16,21-34H2,1-8H3,(H,50,56)(H,51,57)(H,52,60)/t39-,40-,44-,65?/m0/s1/i8D. The molecule has 0 saturated carbocycles. The number of imide groups is 1. The Hall–Kier alpha value is -3.36. The van der Waals surface area contributed by atoms with E-state index in [4.69, 9.17) is 26.5 Å². The molecule has 66 heavy (non-hydrogen) atoms. The van der Waals surface area contributed by atoms with Crippen LogP contribution in [0.4, 0.5) is 4.79 Å². The van der Waals surface area contributed by atoms with Crippen LogP contribution < -0.4 is 16.0 Å². The number of ether oxygens (including phenoxy) is 2. The molecule has 3 heterocycles. The smallest absolute Gasteiger partial charge is 0.325 e. The van der Waals surface area contributed by atoms with E-state index in [0.717, 1.165) is 37.7 Å². The van der Waals surface area contributed by atoms with Gasteiger partial charge in [0.25, 0.3) is 14.4 Å². The molecule has 0 aromatic heterocycles. The lowest BCUT2D eigenvalue weighted by Gasteiger charge is -2.41. The Labute approximate surface area is 401 Å². The highest BCUT2D eigenvalue weighted by Crippen LogP contribution is 2.48. The summed E-state index contributed by atoms with van der Waals surface area (Å²) in [6, 6.07) is 7.33. The van der Waals surface area contributed by atoms with E-state index < -0.39 is 13.9 Å². The van der Waals surface area contributed by atoms with E-state index in [9.17, 15) is 24.0 Å². The minimum absolute atomic E-state index is 0.0229. The summed E-state index contributed by atoms with van der Waals surface area (Å²) in [5.41, 5.74) is 1.23. The normalized spacial score (nSPS) is 20.0. The van der Waals surface area contributed by atoms with E-state index in [1.165, 1.54) is 4.90 Å². The van der Waals surface area contributed by atoms with Gasteiger partial charge in [-0.1, -0.05) is 46.2 Å². The first kappa shape index (κ1) is 53.6. The van der Waals surface area contributed by atoms with E-state index in [-0.39, 0.29) is 97.8 Å². The number of likely N-dealkylation sites (tertiary alicyclic amines) is 1. The maximum Gasteiger partial charge on any atom is 0.325 e. The van der Waals surface area contributed by atoms with Crippen molar-refractivity contribution < 1.29 is 43.9 Å². The van der Waals surface area contributed by atoms with Gasteiger partial charge in [0.05, 0.1) is 18.7 Å². The molecule has 0 aliphatic carbocycles. The molecule has 6 amide bonds. The SMILES string of the molecule is [2H]CC1(COP(OCC[N+]#[C-])N(C(C)C)C(C)C)CCN(C(=O)COCC(=O)NCCCOCCCCNC(=O)CCCC[C@@H]2SC[C@H]3[C@@H]2NC(=O)N3C(=O)c2ccc(C(C)(C)C)cc2)CC1. The predicted molar refractivity (Wildman–Crippen MR) is 260 cm³/mol. The van der Waals surface area contributed by atoms with E-state index in [1.807, 2.05) is 24.3 Å². The van der Waals surface area contributed by atoms with Gasteiger partial charge in [-0.15, -0.1) is 0 Å². The maximum absolute atomic E-state index is 13.3. The zero-order chi connectivity index (χ0) is 49.0. The fraction of sp³-hybridized carbons (Fsp3) is 0.750. The predicted octanol–water partition coefficient (Wildman–Crippen LogP) is 6.93. The Bertz CT molecular complexity index is 1770. The van der Waals surface area contributed by atoms with Crippen molar-refractivity contribution in [2.45, 2.75) is 148 Å². The van der Waals surface area contributed by atoms with E-state index >= 15 is 0 Å². The summed E-state index contributed by atoms with van der Waals surface area (Å²) in [5.74, 6) is -0.0129. The van der Waals surface area contributed by atoms with Crippen LogP contribution in [0.1, 0.15) is 130 Å². The number of unbranched alkanes of at least 4 members (excludes halogenated alkanes) is 2. The van der Waals surface area contributed by atoms with Gasteiger partial charge in [0.15, 0.2) is 0 Å². The van der Waals surface area contributed by atoms with E-state index in [2.05, 4.69) is 73.9 Å². The van der Waals surface area contributed by atoms with Crippen LogP contribution in [0.5, 0.6) is 0 Å². The number of benzene rings is 1. The van der Waals surface area contributed by atoms with Gasteiger partial charge in [-0.2, -0.15) is 11.8 Å². The summed E-state index contributed by atoms with van der Waals surface area (Å²) in [6.45, 7) is 25.5. The Kier molecular flexibility index (Phi) is 22.4. The molecule has 1 unspecified atom stereocenters. The third-order valence-electron chi connectivity index (χ3n) is 12.1. The van der Waals surface area contributed by atoms with Crippen LogP contribution in [-0.4, -0.2) is 152 Å². The highest BCUT2D eigenvalue weighted by molar-refractivity contribution is 8.00. The fourth-order valence-electron chi connectivity index (χ4n) is 8.25. The minimum atomic E-state index is -1.40. The van der Waals surface area contributed by atoms with Gasteiger partial charge in [0.1, 0.15) is 19.8 Å². The van der Waals surface area contributed by atoms with Crippen molar-refractivity contribution in [3.63, 3.8) is 0 Å². The zero-order valence-corrected chi connectivity index (χ0v) is 42.3. The number of piperidine rings is 1. The Balaban J connectivity index is 0.968. The first-order chi connectivity index (χ1) is 32.0. The highest BCUT2D eigenvalue weighted by Gasteiger charge is 2.50. The zero-order valence-electron chi connectivity index (χ0n) is 41.6. The minimum Gasteiger partial charge on any atom is -0.381 e. The fourth-order valence-corrected chi connectivity index (χ4v) is 11.6. The number of hydrogen-bond donors (Lipinski definition) is 3. The van der Waals surface area contributed by atoms with Gasteiger partial charge >= 0.3 is 6.03 Å². The quantitative estimate of drug-likeness (QED) is 0.0345. The molecule has 3 aliphatic rings. The lowest BCUT2D eigenvalue weighted by molar-refractivity contribution is -0.140. The van der Waals surface area contributed by atoms with Crippen LogP contribution in [0.25, 0.3) is 4.85 Å². The van der Waals surface area contributed by atoms with E-state index in [1.54, 1.807) is 16.7 Å². The van der Waals surface area contributed by atoms with Gasteiger partial charge in [0, 0.05) is 75.8 Å². The molecule has 1 aromatic rings. The van der Waals surface area contributed by atoms with Crippen LogP contribution in [0.15, 0.2) is 24.3 Å². The molecule has 0 radical (unpaired) electrons. The average molecular weight is 961 g/mol. The summed E-state index contributed by atoms with van der Waals surface area (Å²) >= 11 is 1.79. The van der Waals surface area contributed by atoms with Crippen LogP contribution in [0.3, 0.4) is 0 Å². The number of amides is 6. The van der Waals surface area contributed by atoms with Gasteiger partial charge < -0.3 is 44.2 Å². The summed E-state index contributed by atoms with van der Waals surface area (Å²) in [7, 11) is -1.40. The first-order valence-corrected chi connectivity index (χ1v) is 26.0. The number of carbonyl (C=O) groups excluding carboxylic acids is 5. The topological polar surface area (TPSA) is 172 Å². The number of rotatable bonds is 28. The van der Waals surface area contributed by atoms with Gasteiger partial charge in [-0.05, 0) is 101 Å². The summed E-state index contributed by atoms with van der Waals surface area (Å²) in [5, 5.41) is 9.05. The largest absolute Gasteiger partial charge is 0.381 e. The number of thioether (sulfide) groups is 1. The van der Waals surface area contributed by atoms with Crippen molar-refractivity contribution in [1.82, 2.24) is 30.4 Å². The second kappa shape index (κ2) is 27.6. The summed E-state index contributed by atoms with van der Waals surface area (Å²) in [4.78, 5) is 70.4. The molecule has 1 aromatic carbocycles. The summed E-state index contributed by atoms with van der Waals surface area (Å²) in [6.07, 6.45) is 6.40. The molecule has 16 nitrogen and oxygen atoms in total. The van der Waals surface area contributed by atoms with Crippen LogP contribution in [0.2, 0.25) is 0 Å².